The van der Waals surface area contributed by atoms with Crippen molar-refractivity contribution in [3.8, 4) is 17.2 Å². The number of benzene rings is 3. The number of ether oxygens (including phenoxy) is 4. The SMILES string of the molecule is C=CCOc1c(I)cc(/C=c2\sc3n(c2=O)[C@@H](c2ccc(OCC)cc2)C(C(=O)OCC)=C(c2ccccc2)N=3)cc1OC. The first-order valence-corrected chi connectivity index (χ1v) is 15.9. The van der Waals surface area contributed by atoms with Gasteiger partial charge in [-0.15, -0.1) is 0 Å². The lowest BCUT2D eigenvalue weighted by Crippen LogP contribution is -2.40. The highest BCUT2D eigenvalue weighted by Gasteiger charge is 2.35. The summed E-state index contributed by atoms with van der Waals surface area (Å²) < 4.78 is 25.4. The maximum Gasteiger partial charge on any atom is 0.338 e. The standard InChI is InChI=1S/C34H31IN2O6S/c1-5-17-43-31-25(35)18-21(19-26(31)40-4)20-27-32(38)37-30(23-13-15-24(16-14-23)41-6-2)28(33(39)42-7-3)29(36-34(37)44-27)22-11-9-8-10-12-22/h5,8-16,18-20,30H,1,6-7,17H2,2-4H3/b27-20-/t30-/m0/s1. The zero-order valence-corrected chi connectivity index (χ0v) is 27.5. The molecule has 3 aromatic carbocycles. The van der Waals surface area contributed by atoms with Crippen molar-refractivity contribution in [1.82, 2.24) is 4.57 Å². The maximum absolute atomic E-state index is 14.2. The average molecular weight is 723 g/mol. The number of thiazole rings is 1. The van der Waals surface area contributed by atoms with Crippen LogP contribution in [0, 0.1) is 3.57 Å². The molecule has 0 fully saturated rings. The summed E-state index contributed by atoms with van der Waals surface area (Å²) in [6.45, 7) is 8.41. The van der Waals surface area contributed by atoms with E-state index < -0.39 is 12.0 Å². The molecule has 1 aromatic heterocycles. The van der Waals surface area contributed by atoms with Crippen LogP contribution in [0.2, 0.25) is 0 Å². The van der Waals surface area contributed by atoms with Gasteiger partial charge in [0, 0.05) is 5.56 Å². The van der Waals surface area contributed by atoms with Gasteiger partial charge in [-0.25, -0.2) is 9.79 Å². The summed E-state index contributed by atoms with van der Waals surface area (Å²) in [5, 5.41) is 0. The number of rotatable bonds is 11. The van der Waals surface area contributed by atoms with E-state index in [1.165, 1.54) is 11.3 Å². The second kappa shape index (κ2) is 14.1. The van der Waals surface area contributed by atoms with E-state index in [4.69, 9.17) is 23.9 Å². The molecule has 4 aromatic rings. The summed E-state index contributed by atoms with van der Waals surface area (Å²) in [5.41, 5.74) is 2.72. The van der Waals surface area contributed by atoms with Crippen LogP contribution in [0.1, 0.15) is 36.6 Å². The Morgan fingerprint density at radius 3 is 2.48 bits per heavy atom. The second-order valence-corrected chi connectivity index (χ2v) is 11.7. The molecule has 0 amide bonds. The molecule has 1 atom stereocenters. The van der Waals surface area contributed by atoms with Crippen molar-refractivity contribution < 1.29 is 23.7 Å². The molecule has 2 heterocycles. The third-order valence-electron chi connectivity index (χ3n) is 6.78. The fourth-order valence-electron chi connectivity index (χ4n) is 4.93. The Morgan fingerprint density at radius 1 is 1.07 bits per heavy atom. The minimum absolute atomic E-state index is 0.178. The van der Waals surface area contributed by atoms with Crippen molar-refractivity contribution in [3.63, 3.8) is 0 Å². The second-order valence-electron chi connectivity index (χ2n) is 9.57. The van der Waals surface area contributed by atoms with Crippen LogP contribution in [0.4, 0.5) is 0 Å². The van der Waals surface area contributed by atoms with E-state index >= 15 is 0 Å². The van der Waals surface area contributed by atoms with Gasteiger partial charge in [0.25, 0.3) is 5.56 Å². The van der Waals surface area contributed by atoms with Gasteiger partial charge in [0.05, 0.1) is 45.7 Å². The molecule has 226 valence electrons. The number of carbonyl (C=O) groups is 1. The van der Waals surface area contributed by atoms with E-state index in [9.17, 15) is 9.59 Å². The van der Waals surface area contributed by atoms with Gasteiger partial charge in [-0.2, -0.15) is 0 Å². The Kier molecular flexibility index (Phi) is 10.0. The van der Waals surface area contributed by atoms with Gasteiger partial charge >= 0.3 is 5.97 Å². The van der Waals surface area contributed by atoms with Crippen molar-refractivity contribution in [2.45, 2.75) is 19.9 Å². The fourth-order valence-corrected chi connectivity index (χ4v) is 6.71. The molecule has 0 saturated heterocycles. The van der Waals surface area contributed by atoms with E-state index in [-0.39, 0.29) is 12.2 Å². The summed E-state index contributed by atoms with van der Waals surface area (Å²) in [6.07, 6.45) is 3.47. The molecule has 0 saturated carbocycles. The number of fused-ring (bicyclic) bond motifs is 1. The normalized spacial score (nSPS) is 14.5. The lowest BCUT2D eigenvalue weighted by atomic mass is 9.93. The Morgan fingerprint density at radius 2 is 1.82 bits per heavy atom. The van der Waals surface area contributed by atoms with Crippen molar-refractivity contribution in [1.29, 1.82) is 0 Å². The topological polar surface area (TPSA) is 88.4 Å². The van der Waals surface area contributed by atoms with Crippen LogP contribution in [-0.4, -0.2) is 37.5 Å². The third-order valence-corrected chi connectivity index (χ3v) is 8.56. The summed E-state index contributed by atoms with van der Waals surface area (Å²) in [6, 6.07) is 19.8. The first-order chi connectivity index (χ1) is 21.4. The zero-order valence-electron chi connectivity index (χ0n) is 24.5. The Hall–Kier alpha value is -4.16. The largest absolute Gasteiger partial charge is 0.494 e. The molecule has 0 unspecified atom stereocenters. The third kappa shape index (κ3) is 6.36. The van der Waals surface area contributed by atoms with E-state index in [0.29, 0.717) is 51.1 Å². The predicted molar refractivity (Wildman–Crippen MR) is 180 cm³/mol. The van der Waals surface area contributed by atoms with E-state index in [0.717, 1.165) is 20.3 Å². The van der Waals surface area contributed by atoms with Crippen molar-refractivity contribution in [3.05, 3.63) is 125 Å². The highest BCUT2D eigenvalue weighted by atomic mass is 127. The molecule has 8 nitrogen and oxygen atoms in total. The smallest absolute Gasteiger partial charge is 0.338 e. The summed E-state index contributed by atoms with van der Waals surface area (Å²) >= 11 is 3.44. The van der Waals surface area contributed by atoms with Gasteiger partial charge in [0.15, 0.2) is 16.3 Å². The average Bonchev–Trinajstić information content (AvgIpc) is 3.34. The summed E-state index contributed by atoms with van der Waals surface area (Å²) in [7, 11) is 1.57. The monoisotopic (exact) mass is 722 g/mol. The first kappa shape index (κ1) is 31.3. The van der Waals surface area contributed by atoms with Crippen LogP contribution in [-0.2, 0) is 9.53 Å². The van der Waals surface area contributed by atoms with Gasteiger partial charge in [-0.3, -0.25) is 9.36 Å². The molecule has 10 heteroatoms. The minimum atomic E-state index is -0.775. The molecule has 0 N–H and O–H groups in total. The van der Waals surface area contributed by atoms with Crippen LogP contribution >= 0.6 is 33.9 Å². The number of nitrogens with zero attached hydrogens (tertiary/aromatic N) is 2. The molecule has 5 rings (SSSR count). The van der Waals surface area contributed by atoms with Crippen molar-refractivity contribution in [2.75, 3.05) is 26.9 Å². The molecule has 0 spiro atoms. The number of methoxy groups -OCH3 is 1. The Balaban J connectivity index is 1.75. The van der Waals surface area contributed by atoms with Crippen LogP contribution < -0.4 is 29.1 Å². The number of aromatic nitrogens is 1. The predicted octanol–water partition coefficient (Wildman–Crippen LogP) is 5.51. The lowest BCUT2D eigenvalue weighted by Gasteiger charge is -2.26. The number of hydrogen-bond donors (Lipinski definition) is 0. The highest BCUT2D eigenvalue weighted by Crippen LogP contribution is 2.36. The van der Waals surface area contributed by atoms with Crippen molar-refractivity contribution in [2.24, 2.45) is 4.99 Å². The molecule has 44 heavy (non-hydrogen) atoms. The molecule has 0 bridgehead atoms. The quantitative estimate of drug-likeness (QED) is 0.115. The van der Waals surface area contributed by atoms with E-state index in [1.807, 2.05) is 73.7 Å². The van der Waals surface area contributed by atoms with Gasteiger partial charge in [0.1, 0.15) is 12.4 Å². The molecule has 0 aliphatic carbocycles. The van der Waals surface area contributed by atoms with Gasteiger partial charge in [-0.05, 0) is 77.9 Å². The minimum Gasteiger partial charge on any atom is -0.494 e. The molecule has 1 aliphatic rings. The van der Waals surface area contributed by atoms with Crippen molar-refractivity contribution >= 4 is 51.7 Å². The van der Waals surface area contributed by atoms with Crippen LogP contribution in [0.15, 0.2) is 94.7 Å². The number of hydrogen-bond acceptors (Lipinski definition) is 8. The molecular formula is C34H31IN2O6S. The van der Waals surface area contributed by atoms with Gasteiger partial charge in [-0.1, -0.05) is 66.5 Å². The van der Waals surface area contributed by atoms with Crippen LogP contribution in [0.3, 0.4) is 0 Å². The molecule has 1 aliphatic heterocycles. The zero-order chi connectivity index (χ0) is 31.2. The highest BCUT2D eigenvalue weighted by molar-refractivity contribution is 14.1. The first-order valence-electron chi connectivity index (χ1n) is 14.0. The fraction of sp³-hybridized carbons (Fsp3) is 0.206. The molecular weight excluding hydrogens is 691 g/mol. The Labute approximate surface area is 272 Å². The maximum atomic E-state index is 14.2. The van der Waals surface area contributed by atoms with Crippen LogP contribution in [0.5, 0.6) is 17.2 Å². The van der Waals surface area contributed by atoms with Gasteiger partial charge in [0.2, 0.25) is 0 Å². The van der Waals surface area contributed by atoms with E-state index in [2.05, 4.69) is 29.2 Å². The molecule has 0 radical (unpaired) electrons. The lowest BCUT2D eigenvalue weighted by molar-refractivity contribution is -0.138. The number of esters is 1. The Bertz CT molecular complexity index is 1890. The summed E-state index contributed by atoms with van der Waals surface area (Å²) in [4.78, 5) is 33.2. The van der Waals surface area contributed by atoms with Crippen LogP contribution in [0.25, 0.3) is 11.8 Å². The number of carbonyl (C=O) groups excluding carboxylic acids is 1. The van der Waals surface area contributed by atoms with E-state index in [1.54, 1.807) is 30.8 Å². The number of halogens is 1. The summed E-state index contributed by atoms with van der Waals surface area (Å²) in [5.74, 6) is 1.31. The van der Waals surface area contributed by atoms with Gasteiger partial charge < -0.3 is 18.9 Å².